The van der Waals surface area contributed by atoms with Crippen molar-refractivity contribution in [2.75, 3.05) is 26.7 Å². The lowest BCUT2D eigenvalue weighted by Gasteiger charge is -2.42. The average Bonchev–Trinajstić information content (AvgIpc) is 3.25. The average molecular weight is 491 g/mol. The van der Waals surface area contributed by atoms with Crippen LogP contribution in [0, 0.1) is 12.3 Å². The molecule has 0 saturated carbocycles. The number of carbonyl (C=O) groups is 2. The van der Waals surface area contributed by atoms with Crippen LogP contribution in [0.3, 0.4) is 0 Å². The Kier molecular flexibility index (Phi) is 5.74. The second kappa shape index (κ2) is 8.63. The van der Waals surface area contributed by atoms with Crippen LogP contribution in [0.1, 0.15) is 36.2 Å². The van der Waals surface area contributed by atoms with Crippen molar-refractivity contribution < 1.29 is 14.7 Å². The number of imide groups is 1. The molecule has 2 N–H and O–H groups in total. The highest BCUT2D eigenvalue weighted by Crippen LogP contribution is 2.49. The van der Waals surface area contributed by atoms with Crippen LogP contribution in [-0.2, 0) is 11.2 Å². The number of halogens is 1. The number of hydrogen-bond acceptors (Lipinski definition) is 4. The number of benzene rings is 2. The quantitative estimate of drug-likeness (QED) is 0.402. The van der Waals surface area contributed by atoms with Crippen molar-refractivity contribution in [1.29, 1.82) is 0 Å². The van der Waals surface area contributed by atoms with Gasteiger partial charge in [0, 0.05) is 41.1 Å². The summed E-state index contributed by atoms with van der Waals surface area (Å²) in [4.78, 5) is 36.1. The van der Waals surface area contributed by atoms with Gasteiger partial charge in [0.2, 0.25) is 0 Å². The lowest BCUT2D eigenvalue weighted by atomic mass is 9.81. The van der Waals surface area contributed by atoms with E-state index >= 15 is 0 Å². The Labute approximate surface area is 209 Å². The Bertz CT molecular complexity index is 1380. The number of aromatic nitrogens is 1. The molecule has 0 bridgehead atoms. The largest absolute Gasteiger partial charge is 0.508 e. The first-order valence-electron chi connectivity index (χ1n) is 11.6. The van der Waals surface area contributed by atoms with Gasteiger partial charge in [0.05, 0.1) is 6.54 Å². The Morgan fingerprint density at radius 1 is 1.29 bits per heavy atom. The van der Waals surface area contributed by atoms with Gasteiger partial charge in [-0.15, -0.1) is 6.42 Å². The number of phenolic OH excluding ortho intramolecular Hbond substituents is 1. The van der Waals surface area contributed by atoms with Gasteiger partial charge in [-0.2, -0.15) is 0 Å². The second-order valence-electron chi connectivity index (χ2n) is 9.56. The van der Waals surface area contributed by atoms with Crippen LogP contribution < -0.4 is 0 Å². The summed E-state index contributed by atoms with van der Waals surface area (Å²) < 4.78 is 0. The molecule has 2 aromatic carbocycles. The van der Waals surface area contributed by atoms with Crippen LogP contribution in [0.5, 0.6) is 5.75 Å². The molecule has 1 saturated heterocycles. The molecule has 35 heavy (non-hydrogen) atoms. The highest BCUT2D eigenvalue weighted by molar-refractivity contribution is 6.31. The van der Waals surface area contributed by atoms with Gasteiger partial charge in [-0.25, -0.2) is 4.79 Å². The molecule has 0 radical (unpaired) electrons. The van der Waals surface area contributed by atoms with E-state index in [4.69, 9.17) is 18.0 Å². The van der Waals surface area contributed by atoms with Gasteiger partial charge in [0.15, 0.2) is 0 Å². The molecule has 2 aliphatic rings. The number of phenols is 1. The van der Waals surface area contributed by atoms with Crippen LogP contribution in [0.25, 0.3) is 10.9 Å². The van der Waals surface area contributed by atoms with E-state index in [0.717, 1.165) is 27.7 Å². The zero-order valence-corrected chi connectivity index (χ0v) is 20.5. The molecule has 1 aromatic heterocycles. The van der Waals surface area contributed by atoms with Gasteiger partial charge in [-0.3, -0.25) is 19.5 Å². The Balaban J connectivity index is 1.59. The minimum Gasteiger partial charge on any atom is -0.508 e. The molecule has 180 valence electrons. The van der Waals surface area contributed by atoms with Gasteiger partial charge in [-0.1, -0.05) is 29.7 Å². The number of amides is 3. The SMILES string of the molecule is C#CCN(C)CCCN1C(=O)N2[C@H](c3cccc(O)c3)c3[nH]c4ccc(Cl)cc4c3C[C@@]2(C)C1=O. The number of H-pyrrole nitrogens is 1. The summed E-state index contributed by atoms with van der Waals surface area (Å²) in [6, 6.07) is 11.6. The molecule has 0 spiro atoms. The molecule has 8 heteroatoms. The summed E-state index contributed by atoms with van der Waals surface area (Å²) in [6.07, 6.45) is 6.38. The summed E-state index contributed by atoms with van der Waals surface area (Å²) in [5, 5.41) is 11.8. The van der Waals surface area contributed by atoms with Crippen molar-refractivity contribution >= 4 is 34.4 Å². The number of hydrogen-bond donors (Lipinski definition) is 2. The standard InChI is InChI=1S/C27H27ClN4O3/c1-4-11-30(3)12-6-13-31-25(34)27(2)16-21-20-15-18(28)9-10-22(20)29-23(21)24(32(27)26(31)35)17-7-5-8-19(33)14-17/h1,5,7-10,14-15,24,29,33H,6,11-13,16H2,2-3H3/t24-,27+/m1/s1. The maximum Gasteiger partial charge on any atom is 0.328 e. The number of nitrogens with zero attached hydrogens (tertiary/aromatic N) is 3. The second-order valence-corrected chi connectivity index (χ2v) is 10.00. The van der Waals surface area contributed by atoms with Crippen LogP contribution in [0.15, 0.2) is 42.5 Å². The smallest absolute Gasteiger partial charge is 0.328 e. The molecule has 0 unspecified atom stereocenters. The van der Waals surface area contributed by atoms with E-state index < -0.39 is 11.6 Å². The van der Waals surface area contributed by atoms with Crippen LogP contribution >= 0.6 is 11.6 Å². The molecule has 3 aromatic rings. The van der Waals surface area contributed by atoms with E-state index in [-0.39, 0.29) is 17.7 Å². The Hall–Kier alpha value is -3.47. The third-order valence-electron chi connectivity index (χ3n) is 7.10. The highest BCUT2D eigenvalue weighted by Gasteiger charge is 2.60. The van der Waals surface area contributed by atoms with E-state index in [1.165, 1.54) is 4.90 Å². The number of nitrogens with one attached hydrogen (secondary N) is 1. The number of carbonyl (C=O) groups excluding carboxylic acids is 2. The molecule has 5 rings (SSSR count). The van der Waals surface area contributed by atoms with Gasteiger partial charge in [0.25, 0.3) is 5.91 Å². The van der Waals surface area contributed by atoms with Crippen molar-refractivity contribution in [3.8, 4) is 18.1 Å². The number of fused-ring (bicyclic) bond motifs is 4. The molecule has 3 amide bonds. The predicted molar refractivity (Wildman–Crippen MR) is 135 cm³/mol. The summed E-state index contributed by atoms with van der Waals surface area (Å²) in [6.45, 7) is 3.33. The number of rotatable bonds is 6. The minimum absolute atomic E-state index is 0.0989. The monoisotopic (exact) mass is 490 g/mol. The van der Waals surface area contributed by atoms with Gasteiger partial charge < -0.3 is 10.1 Å². The first-order chi connectivity index (χ1) is 16.7. The molecule has 3 heterocycles. The highest BCUT2D eigenvalue weighted by atomic mass is 35.5. The maximum atomic E-state index is 13.8. The van der Waals surface area contributed by atoms with E-state index in [2.05, 4.69) is 10.9 Å². The first kappa shape index (κ1) is 23.3. The van der Waals surface area contributed by atoms with Crippen molar-refractivity contribution in [2.45, 2.75) is 31.3 Å². The Morgan fingerprint density at radius 3 is 2.83 bits per heavy atom. The van der Waals surface area contributed by atoms with Gasteiger partial charge >= 0.3 is 6.03 Å². The number of aromatic amines is 1. The summed E-state index contributed by atoms with van der Waals surface area (Å²) in [5.74, 6) is 2.49. The molecule has 2 atom stereocenters. The van der Waals surface area contributed by atoms with Gasteiger partial charge in [-0.05, 0) is 61.9 Å². The Morgan fingerprint density at radius 2 is 2.09 bits per heavy atom. The lowest BCUT2D eigenvalue weighted by Crippen LogP contribution is -2.53. The topological polar surface area (TPSA) is 79.9 Å². The number of terminal acetylenes is 1. The van der Waals surface area contributed by atoms with Crippen molar-refractivity contribution in [3.63, 3.8) is 0 Å². The summed E-state index contributed by atoms with van der Waals surface area (Å²) in [7, 11) is 1.92. The fourth-order valence-corrected chi connectivity index (χ4v) is 5.63. The zero-order chi connectivity index (χ0) is 24.9. The van der Waals surface area contributed by atoms with Crippen LogP contribution in [-0.4, -0.2) is 68.9 Å². The number of aromatic hydroxyl groups is 1. The van der Waals surface area contributed by atoms with Crippen molar-refractivity contribution in [1.82, 2.24) is 19.7 Å². The zero-order valence-electron chi connectivity index (χ0n) is 19.7. The summed E-state index contributed by atoms with van der Waals surface area (Å²) in [5.41, 5.74) is 2.35. The minimum atomic E-state index is -1.07. The molecular formula is C27H27ClN4O3. The van der Waals surface area contributed by atoms with E-state index in [9.17, 15) is 14.7 Å². The van der Waals surface area contributed by atoms with E-state index in [1.54, 1.807) is 23.1 Å². The molecule has 0 aliphatic carbocycles. The summed E-state index contributed by atoms with van der Waals surface area (Å²) >= 11 is 6.32. The third kappa shape index (κ3) is 3.74. The fourth-order valence-electron chi connectivity index (χ4n) is 5.46. The maximum absolute atomic E-state index is 13.8. The fraction of sp³-hybridized carbons (Fsp3) is 0.333. The predicted octanol–water partition coefficient (Wildman–Crippen LogP) is 4.15. The van der Waals surface area contributed by atoms with Gasteiger partial charge in [0.1, 0.15) is 17.3 Å². The van der Waals surface area contributed by atoms with E-state index in [0.29, 0.717) is 37.5 Å². The van der Waals surface area contributed by atoms with E-state index in [1.807, 2.05) is 43.1 Å². The van der Waals surface area contributed by atoms with Crippen LogP contribution in [0.2, 0.25) is 5.02 Å². The van der Waals surface area contributed by atoms with Crippen molar-refractivity contribution in [3.05, 3.63) is 64.3 Å². The molecule has 2 aliphatic heterocycles. The first-order valence-corrected chi connectivity index (χ1v) is 12.0. The lowest BCUT2D eigenvalue weighted by molar-refractivity contribution is -0.133. The van der Waals surface area contributed by atoms with Crippen LogP contribution in [0.4, 0.5) is 4.79 Å². The molecular weight excluding hydrogens is 464 g/mol. The third-order valence-corrected chi connectivity index (χ3v) is 7.33. The molecule has 1 fully saturated rings. The number of urea groups is 1. The van der Waals surface area contributed by atoms with Crippen molar-refractivity contribution in [2.24, 2.45) is 0 Å². The molecule has 7 nitrogen and oxygen atoms in total. The normalized spacial score (nSPS) is 21.5.